The van der Waals surface area contributed by atoms with Gasteiger partial charge in [-0.25, -0.2) is 0 Å². The summed E-state index contributed by atoms with van der Waals surface area (Å²) >= 11 is 15.7. The summed E-state index contributed by atoms with van der Waals surface area (Å²) in [5.41, 5.74) is 1.12. The Morgan fingerprint density at radius 1 is 1.35 bits per heavy atom. The average Bonchev–Trinajstić information content (AvgIpc) is 2.98. The number of carbonyl (C=O) groups excluding carboxylic acids is 1. The van der Waals surface area contributed by atoms with Gasteiger partial charge in [-0.1, -0.05) is 23.2 Å². The normalized spacial score (nSPS) is 27.7. The van der Waals surface area contributed by atoms with Crippen molar-refractivity contribution in [3.63, 3.8) is 0 Å². The van der Waals surface area contributed by atoms with E-state index >= 15 is 0 Å². The fourth-order valence-corrected chi connectivity index (χ4v) is 3.82. The molecule has 1 aliphatic rings. The second-order valence-electron chi connectivity index (χ2n) is 5.24. The van der Waals surface area contributed by atoms with Crippen molar-refractivity contribution in [2.75, 3.05) is 6.61 Å². The van der Waals surface area contributed by atoms with Gasteiger partial charge in [0.1, 0.15) is 24.4 Å². The van der Waals surface area contributed by atoms with Crippen LogP contribution in [0.4, 0.5) is 0 Å². The van der Waals surface area contributed by atoms with Crippen LogP contribution >= 0.6 is 39.1 Å². The van der Waals surface area contributed by atoms with Crippen molar-refractivity contribution in [3.05, 3.63) is 31.8 Å². The number of aliphatic hydroxyl groups is 3. The van der Waals surface area contributed by atoms with E-state index in [1.165, 1.54) is 0 Å². The number of ether oxygens (including phenoxy) is 1. The molecule has 6 nitrogen and oxygen atoms in total. The third-order valence-corrected chi connectivity index (χ3v) is 5.38. The average molecular weight is 425 g/mol. The number of hydrogen-bond acceptors (Lipinski definition) is 5. The van der Waals surface area contributed by atoms with Gasteiger partial charge in [0.15, 0.2) is 6.29 Å². The molecule has 1 saturated heterocycles. The Hall–Kier alpha value is -0.670. The zero-order valence-electron chi connectivity index (χ0n) is 11.5. The number of fused-ring (bicyclic) bond motifs is 1. The van der Waals surface area contributed by atoms with Gasteiger partial charge >= 0.3 is 0 Å². The lowest BCUT2D eigenvalue weighted by Gasteiger charge is -2.19. The highest BCUT2D eigenvalue weighted by molar-refractivity contribution is 9.10. The number of hydrogen-bond donors (Lipinski definition) is 4. The summed E-state index contributed by atoms with van der Waals surface area (Å²) in [5, 5.41) is 30.2. The summed E-state index contributed by atoms with van der Waals surface area (Å²) in [6.07, 6.45) is -3.95. The first-order valence-corrected chi connectivity index (χ1v) is 8.22. The van der Waals surface area contributed by atoms with E-state index in [0.29, 0.717) is 32.9 Å². The van der Waals surface area contributed by atoms with Crippen LogP contribution in [0.15, 0.2) is 10.7 Å². The molecular formula is C14H12BrCl2NO5. The molecule has 0 aliphatic carbocycles. The number of H-pyrrole nitrogens is 1. The lowest BCUT2D eigenvalue weighted by Crippen LogP contribution is -2.32. The number of halogens is 3. The molecule has 1 aliphatic heterocycles. The summed E-state index contributed by atoms with van der Waals surface area (Å²) in [7, 11) is 0. The van der Waals surface area contributed by atoms with Crippen LogP contribution < -0.4 is 0 Å². The Labute approximate surface area is 149 Å². The van der Waals surface area contributed by atoms with Crippen LogP contribution in [0.2, 0.25) is 10.0 Å². The van der Waals surface area contributed by atoms with Crippen LogP contribution in [-0.4, -0.2) is 51.5 Å². The van der Waals surface area contributed by atoms with Crippen LogP contribution in [-0.2, 0) is 4.74 Å². The highest BCUT2D eigenvalue weighted by Gasteiger charge is 2.45. The van der Waals surface area contributed by atoms with Crippen LogP contribution in [0, 0.1) is 0 Å². The molecule has 124 valence electrons. The SMILES string of the molecule is O=Cc1c(Br)[nH]c2cc(Cl)c(Cl)c([C@@H]3O[C@H](CO)[C@@H](O)[C@H]3O)c12. The van der Waals surface area contributed by atoms with Gasteiger partial charge in [0.2, 0.25) is 0 Å². The number of nitrogens with one attached hydrogen (secondary N) is 1. The lowest BCUT2D eigenvalue weighted by molar-refractivity contribution is -0.0223. The molecule has 0 spiro atoms. The predicted octanol–water partition coefficient (Wildman–Crippen LogP) is 2.20. The molecule has 1 fully saturated rings. The maximum Gasteiger partial charge on any atom is 0.153 e. The number of rotatable bonds is 3. The smallest absolute Gasteiger partial charge is 0.153 e. The van der Waals surface area contributed by atoms with Crippen molar-refractivity contribution in [1.29, 1.82) is 0 Å². The van der Waals surface area contributed by atoms with Gasteiger partial charge in [-0.2, -0.15) is 0 Å². The number of aliphatic hydroxyl groups excluding tert-OH is 3. The second kappa shape index (κ2) is 6.33. The van der Waals surface area contributed by atoms with Gasteiger partial charge in [-0.05, 0) is 22.0 Å². The Balaban J connectivity index is 2.28. The number of carbonyl (C=O) groups is 1. The Morgan fingerprint density at radius 3 is 2.61 bits per heavy atom. The van der Waals surface area contributed by atoms with Crippen molar-refractivity contribution in [1.82, 2.24) is 4.98 Å². The molecule has 0 bridgehead atoms. The minimum absolute atomic E-state index is 0.114. The van der Waals surface area contributed by atoms with Gasteiger partial charge in [0, 0.05) is 16.5 Å². The molecule has 0 saturated carbocycles. The number of aldehydes is 1. The Morgan fingerprint density at radius 2 is 2.04 bits per heavy atom. The first kappa shape index (κ1) is 17.2. The first-order valence-electron chi connectivity index (χ1n) is 6.67. The first-order chi connectivity index (χ1) is 10.9. The third-order valence-electron chi connectivity index (χ3n) is 3.95. The molecule has 2 aromatic rings. The molecule has 4 atom stereocenters. The van der Waals surface area contributed by atoms with Crippen molar-refractivity contribution in [2.24, 2.45) is 0 Å². The summed E-state index contributed by atoms with van der Waals surface area (Å²) in [6, 6.07) is 1.56. The van der Waals surface area contributed by atoms with Crippen molar-refractivity contribution in [2.45, 2.75) is 24.4 Å². The van der Waals surface area contributed by atoms with Crippen molar-refractivity contribution < 1.29 is 24.9 Å². The molecule has 0 radical (unpaired) electrons. The predicted molar refractivity (Wildman–Crippen MR) is 88.1 cm³/mol. The Bertz CT molecular complexity index is 780. The number of benzene rings is 1. The van der Waals surface area contributed by atoms with Crippen LogP contribution in [0.1, 0.15) is 22.0 Å². The third kappa shape index (κ3) is 2.60. The largest absolute Gasteiger partial charge is 0.394 e. The highest BCUT2D eigenvalue weighted by Crippen LogP contribution is 2.45. The zero-order chi connectivity index (χ0) is 16.9. The zero-order valence-corrected chi connectivity index (χ0v) is 14.6. The molecule has 23 heavy (non-hydrogen) atoms. The van der Waals surface area contributed by atoms with E-state index in [1.807, 2.05) is 0 Å². The molecule has 2 heterocycles. The van der Waals surface area contributed by atoms with E-state index in [4.69, 9.17) is 27.9 Å². The number of aromatic amines is 1. The summed E-state index contributed by atoms with van der Waals surface area (Å²) in [6.45, 7) is -0.465. The van der Waals surface area contributed by atoms with Gasteiger partial charge in [-0.15, -0.1) is 0 Å². The van der Waals surface area contributed by atoms with Gasteiger partial charge in [-0.3, -0.25) is 4.79 Å². The monoisotopic (exact) mass is 423 g/mol. The van der Waals surface area contributed by atoms with E-state index in [-0.39, 0.29) is 10.0 Å². The van der Waals surface area contributed by atoms with Crippen LogP contribution in [0.5, 0.6) is 0 Å². The van der Waals surface area contributed by atoms with Crippen molar-refractivity contribution >= 4 is 56.3 Å². The minimum atomic E-state index is -1.32. The topological polar surface area (TPSA) is 103 Å². The van der Waals surface area contributed by atoms with E-state index in [0.717, 1.165) is 0 Å². The van der Waals surface area contributed by atoms with E-state index in [2.05, 4.69) is 20.9 Å². The lowest BCUT2D eigenvalue weighted by atomic mass is 9.96. The van der Waals surface area contributed by atoms with E-state index in [1.54, 1.807) is 6.07 Å². The Kier molecular flexibility index (Phi) is 4.72. The van der Waals surface area contributed by atoms with Crippen LogP contribution in [0.25, 0.3) is 10.9 Å². The molecule has 0 amide bonds. The molecule has 4 N–H and O–H groups in total. The fourth-order valence-electron chi connectivity index (χ4n) is 2.85. The quantitative estimate of drug-likeness (QED) is 0.565. The molecule has 3 rings (SSSR count). The van der Waals surface area contributed by atoms with Gasteiger partial charge in [0.05, 0.1) is 26.8 Å². The standard InChI is InChI=1S/C14H12BrCl2NO5/c15-14-4(2-19)8-6(18-14)1-5(16)10(17)9(8)13-12(22)11(21)7(3-20)23-13/h1-2,7,11-13,18,20-22H,3H2/t7-,11-,12-,13+/m1/s1. The molecule has 1 aromatic carbocycles. The minimum Gasteiger partial charge on any atom is -0.394 e. The molecular weight excluding hydrogens is 413 g/mol. The van der Waals surface area contributed by atoms with Crippen molar-refractivity contribution in [3.8, 4) is 0 Å². The van der Waals surface area contributed by atoms with E-state index < -0.39 is 31.0 Å². The maximum absolute atomic E-state index is 11.4. The van der Waals surface area contributed by atoms with Gasteiger partial charge < -0.3 is 25.0 Å². The fraction of sp³-hybridized carbons (Fsp3) is 0.357. The molecule has 0 unspecified atom stereocenters. The molecule has 1 aromatic heterocycles. The summed E-state index contributed by atoms with van der Waals surface area (Å²) in [5.74, 6) is 0. The maximum atomic E-state index is 11.4. The van der Waals surface area contributed by atoms with E-state index in [9.17, 15) is 20.1 Å². The number of aromatic nitrogens is 1. The second-order valence-corrected chi connectivity index (χ2v) is 6.82. The van der Waals surface area contributed by atoms with Crippen LogP contribution in [0.3, 0.4) is 0 Å². The summed E-state index contributed by atoms with van der Waals surface area (Å²) < 4.78 is 5.97. The summed E-state index contributed by atoms with van der Waals surface area (Å²) in [4.78, 5) is 14.4. The highest BCUT2D eigenvalue weighted by atomic mass is 79.9. The molecule has 9 heteroatoms. The van der Waals surface area contributed by atoms with Gasteiger partial charge in [0.25, 0.3) is 0 Å².